The van der Waals surface area contributed by atoms with Gasteiger partial charge in [0.05, 0.1) is 19.3 Å². The molecular formula is C21H27FN6O2. The number of carbonyl (C=O) groups is 1. The van der Waals surface area contributed by atoms with Crippen molar-refractivity contribution in [2.45, 2.75) is 51.2 Å². The molecule has 0 atom stereocenters. The fourth-order valence-corrected chi connectivity index (χ4v) is 4.07. The molecule has 30 heavy (non-hydrogen) atoms. The lowest BCUT2D eigenvalue weighted by atomic mass is 9.92. The predicted molar refractivity (Wildman–Crippen MR) is 113 cm³/mol. The van der Waals surface area contributed by atoms with Crippen molar-refractivity contribution in [1.82, 2.24) is 9.97 Å². The summed E-state index contributed by atoms with van der Waals surface area (Å²) in [5, 5.41) is 3.37. The third kappa shape index (κ3) is 3.77. The molecule has 9 heteroatoms. The number of anilines is 3. The van der Waals surface area contributed by atoms with E-state index in [4.69, 9.17) is 10.5 Å². The van der Waals surface area contributed by atoms with Crippen LogP contribution in [0, 0.1) is 5.82 Å². The van der Waals surface area contributed by atoms with E-state index >= 15 is 0 Å². The maximum atomic E-state index is 14.8. The molecule has 8 nitrogen and oxygen atoms in total. The zero-order valence-corrected chi connectivity index (χ0v) is 17.3. The molecule has 1 aliphatic heterocycles. The van der Waals surface area contributed by atoms with Crippen molar-refractivity contribution in [3.8, 4) is 5.75 Å². The monoisotopic (exact) mass is 414 g/mol. The molecule has 1 saturated carbocycles. The van der Waals surface area contributed by atoms with Crippen LogP contribution < -0.4 is 25.6 Å². The highest BCUT2D eigenvalue weighted by molar-refractivity contribution is 6.05. The first-order chi connectivity index (χ1) is 14.5. The molecule has 2 aromatic rings. The molecule has 0 unspecified atom stereocenters. The Morgan fingerprint density at radius 3 is 2.77 bits per heavy atom. The van der Waals surface area contributed by atoms with Crippen LogP contribution in [-0.4, -0.2) is 41.7 Å². The summed E-state index contributed by atoms with van der Waals surface area (Å²) in [6, 6.07) is 4.97. The van der Waals surface area contributed by atoms with Crippen LogP contribution in [0.2, 0.25) is 0 Å². The largest absolute Gasteiger partial charge is 0.494 e. The van der Waals surface area contributed by atoms with Crippen molar-refractivity contribution in [3.05, 3.63) is 35.8 Å². The predicted octanol–water partition coefficient (Wildman–Crippen LogP) is 3.27. The van der Waals surface area contributed by atoms with Crippen LogP contribution in [0.1, 0.15) is 38.2 Å². The molecule has 2 amide bonds. The van der Waals surface area contributed by atoms with Gasteiger partial charge in [-0.1, -0.05) is 6.07 Å². The number of rotatable bonds is 5. The van der Waals surface area contributed by atoms with Gasteiger partial charge in [-0.2, -0.15) is 4.98 Å². The van der Waals surface area contributed by atoms with Crippen LogP contribution in [-0.2, 0) is 6.54 Å². The van der Waals surface area contributed by atoms with Crippen molar-refractivity contribution < 1.29 is 13.9 Å². The van der Waals surface area contributed by atoms with E-state index in [1.807, 2.05) is 6.92 Å². The number of ether oxygens (including phenoxy) is 1. The molecule has 160 valence electrons. The number of fused-ring (bicyclic) bond motifs is 1. The second-order valence-electron chi connectivity index (χ2n) is 7.70. The normalized spacial score (nSPS) is 21.4. The molecule has 1 aromatic heterocycles. The van der Waals surface area contributed by atoms with Gasteiger partial charge in [0.1, 0.15) is 5.82 Å². The van der Waals surface area contributed by atoms with Crippen molar-refractivity contribution in [1.29, 1.82) is 0 Å². The Kier molecular flexibility index (Phi) is 5.72. The summed E-state index contributed by atoms with van der Waals surface area (Å²) in [4.78, 5) is 25.2. The van der Waals surface area contributed by atoms with Gasteiger partial charge in [-0.25, -0.2) is 14.2 Å². The summed E-state index contributed by atoms with van der Waals surface area (Å²) in [5.74, 6) is 0.591. The molecular weight excluding hydrogens is 387 g/mol. The third-order valence-electron chi connectivity index (χ3n) is 5.76. The number of hydrogen-bond donors (Lipinski definition) is 2. The number of hydrogen-bond acceptors (Lipinski definition) is 6. The molecule has 4 rings (SSSR count). The maximum Gasteiger partial charge on any atom is 0.330 e. The van der Waals surface area contributed by atoms with E-state index in [1.165, 1.54) is 18.1 Å². The van der Waals surface area contributed by atoms with Gasteiger partial charge in [0.25, 0.3) is 0 Å². The van der Waals surface area contributed by atoms with E-state index in [2.05, 4.69) is 15.3 Å². The van der Waals surface area contributed by atoms with Crippen LogP contribution in [0.5, 0.6) is 5.75 Å². The first-order valence-electron chi connectivity index (χ1n) is 10.3. The lowest BCUT2D eigenvalue weighted by molar-refractivity contribution is 0.250. The zero-order chi connectivity index (χ0) is 21.3. The molecule has 0 saturated heterocycles. The standard InChI is InChI=1S/C21H27FN6O2/c1-3-27-19-13(11-24-20(26-19)25-15-9-7-14(23)8-10-15)12-28(21(27)29)16-5-4-6-17(30-2)18(16)22/h4-6,11,14-15H,3,7-10,12,23H2,1-2H3,(H,24,25,26). The van der Waals surface area contributed by atoms with Gasteiger partial charge < -0.3 is 15.8 Å². The fourth-order valence-electron chi connectivity index (χ4n) is 4.07. The van der Waals surface area contributed by atoms with Gasteiger partial charge >= 0.3 is 6.03 Å². The number of nitrogens with two attached hydrogens (primary N) is 1. The minimum absolute atomic E-state index is 0.0946. The summed E-state index contributed by atoms with van der Waals surface area (Å²) < 4.78 is 19.9. The van der Waals surface area contributed by atoms with Gasteiger partial charge in [0.2, 0.25) is 5.95 Å². The lowest BCUT2D eigenvalue weighted by Gasteiger charge is -2.36. The Balaban J connectivity index is 1.61. The molecule has 0 bridgehead atoms. The first kappa shape index (κ1) is 20.3. The Hall–Kier alpha value is -2.94. The number of urea groups is 1. The highest BCUT2D eigenvalue weighted by atomic mass is 19.1. The van der Waals surface area contributed by atoms with E-state index in [0.29, 0.717) is 18.3 Å². The molecule has 1 aromatic carbocycles. The van der Waals surface area contributed by atoms with Crippen molar-refractivity contribution >= 4 is 23.5 Å². The van der Waals surface area contributed by atoms with E-state index in [1.54, 1.807) is 23.2 Å². The summed E-state index contributed by atoms with van der Waals surface area (Å²) in [7, 11) is 1.40. The zero-order valence-electron chi connectivity index (χ0n) is 17.3. The second kappa shape index (κ2) is 8.43. The molecule has 3 N–H and O–H groups in total. The average Bonchev–Trinajstić information content (AvgIpc) is 2.75. The Morgan fingerprint density at radius 1 is 1.30 bits per heavy atom. The van der Waals surface area contributed by atoms with Gasteiger partial charge in [0, 0.05) is 30.4 Å². The van der Waals surface area contributed by atoms with Crippen LogP contribution in [0.3, 0.4) is 0 Å². The lowest BCUT2D eigenvalue weighted by Crippen LogP contribution is -2.48. The molecule has 1 fully saturated rings. The molecule has 2 heterocycles. The summed E-state index contributed by atoms with van der Waals surface area (Å²) in [6.45, 7) is 2.46. The summed E-state index contributed by atoms with van der Waals surface area (Å²) in [5.41, 5.74) is 6.91. The maximum absolute atomic E-state index is 14.8. The van der Waals surface area contributed by atoms with Crippen LogP contribution in [0.4, 0.5) is 26.6 Å². The van der Waals surface area contributed by atoms with Crippen molar-refractivity contribution in [3.63, 3.8) is 0 Å². The number of nitrogens with zero attached hydrogens (tertiary/aromatic N) is 4. The van der Waals surface area contributed by atoms with Crippen LogP contribution in [0.25, 0.3) is 0 Å². The smallest absolute Gasteiger partial charge is 0.330 e. The molecule has 0 spiro atoms. The van der Waals surface area contributed by atoms with E-state index in [0.717, 1.165) is 31.2 Å². The minimum atomic E-state index is -0.567. The summed E-state index contributed by atoms with van der Waals surface area (Å²) >= 11 is 0. The fraction of sp³-hybridized carbons (Fsp3) is 0.476. The average molecular weight is 414 g/mol. The molecule has 0 radical (unpaired) electrons. The number of nitrogens with one attached hydrogen (secondary N) is 1. The SMILES string of the molecule is CCN1C(=O)N(c2cccc(OC)c2F)Cc2cnc(NC3CCC(N)CC3)nc21. The quantitative estimate of drug-likeness (QED) is 0.780. The van der Waals surface area contributed by atoms with Crippen molar-refractivity contribution in [2.75, 3.05) is 28.8 Å². The Morgan fingerprint density at radius 2 is 2.07 bits per heavy atom. The Labute approximate surface area is 175 Å². The molecule has 2 aliphatic rings. The van der Waals surface area contributed by atoms with Gasteiger partial charge in [-0.3, -0.25) is 9.80 Å². The Bertz CT molecular complexity index is 932. The van der Waals surface area contributed by atoms with E-state index < -0.39 is 5.82 Å². The first-order valence-corrected chi connectivity index (χ1v) is 10.3. The number of halogens is 1. The summed E-state index contributed by atoms with van der Waals surface area (Å²) in [6.07, 6.45) is 5.60. The van der Waals surface area contributed by atoms with Crippen molar-refractivity contribution in [2.24, 2.45) is 5.73 Å². The van der Waals surface area contributed by atoms with E-state index in [9.17, 15) is 9.18 Å². The van der Waals surface area contributed by atoms with Crippen LogP contribution in [0.15, 0.2) is 24.4 Å². The highest BCUT2D eigenvalue weighted by Gasteiger charge is 2.34. The number of aromatic nitrogens is 2. The highest BCUT2D eigenvalue weighted by Crippen LogP contribution is 2.34. The second-order valence-corrected chi connectivity index (χ2v) is 7.70. The van der Waals surface area contributed by atoms with Crippen LogP contribution >= 0.6 is 0 Å². The van der Waals surface area contributed by atoms with E-state index in [-0.39, 0.29) is 36.1 Å². The number of carbonyl (C=O) groups excluding carboxylic acids is 1. The number of benzene rings is 1. The number of amides is 2. The minimum Gasteiger partial charge on any atom is -0.494 e. The number of methoxy groups -OCH3 is 1. The topological polar surface area (TPSA) is 96.6 Å². The molecule has 1 aliphatic carbocycles. The van der Waals surface area contributed by atoms with Gasteiger partial charge in [0.15, 0.2) is 11.6 Å². The van der Waals surface area contributed by atoms with Gasteiger partial charge in [-0.15, -0.1) is 0 Å². The third-order valence-corrected chi connectivity index (χ3v) is 5.76. The van der Waals surface area contributed by atoms with Gasteiger partial charge in [-0.05, 0) is 44.7 Å².